The molecule has 8 heteroatoms. The summed E-state index contributed by atoms with van der Waals surface area (Å²) in [5.41, 5.74) is 4.28. The molecule has 1 atom stereocenters. The summed E-state index contributed by atoms with van der Waals surface area (Å²) in [7, 11) is 0. The zero-order valence-corrected chi connectivity index (χ0v) is 12.7. The summed E-state index contributed by atoms with van der Waals surface area (Å²) >= 11 is 4.01. The Bertz CT molecular complexity index is 612. The van der Waals surface area contributed by atoms with Crippen molar-refractivity contribution in [1.82, 2.24) is 10.4 Å². The van der Waals surface area contributed by atoms with Crippen LogP contribution in [0.15, 0.2) is 28.9 Å². The fraction of sp³-hybridized carbons (Fsp3) is 0.250. The molecule has 20 heavy (non-hydrogen) atoms. The molecule has 0 radical (unpaired) electrons. The summed E-state index contributed by atoms with van der Waals surface area (Å²) in [5.74, 6) is 5.50. The van der Waals surface area contributed by atoms with Gasteiger partial charge in [0.15, 0.2) is 5.01 Å². The van der Waals surface area contributed by atoms with Crippen LogP contribution >= 0.6 is 27.3 Å². The van der Waals surface area contributed by atoms with E-state index in [1.165, 1.54) is 6.20 Å². The van der Waals surface area contributed by atoms with Crippen LogP contribution in [0.5, 0.6) is 0 Å². The van der Waals surface area contributed by atoms with Crippen molar-refractivity contribution in [3.05, 3.63) is 49.9 Å². The monoisotopic (exact) mass is 365 g/mol. The van der Waals surface area contributed by atoms with Crippen LogP contribution in [0, 0.1) is 6.92 Å². The number of aryl methyl sites for hydroxylation is 1. The average molecular weight is 366 g/mol. The van der Waals surface area contributed by atoms with Crippen molar-refractivity contribution in [1.29, 1.82) is 0 Å². The molecule has 0 aliphatic heterocycles. The summed E-state index contributed by atoms with van der Waals surface area (Å²) in [5, 5.41) is -0.878. The van der Waals surface area contributed by atoms with Gasteiger partial charge >= 0.3 is 6.18 Å². The summed E-state index contributed by atoms with van der Waals surface area (Å²) in [6, 6.07) is 4.98. The van der Waals surface area contributed by atoms with Gasteiger partial charge in [0.05, 0.1) is 6.04 Å². The Morgan fingerprint density at radius 3 is 2.65 bits per heavy atom. The van der Waals surface area contributed by atoms with E-state index in [4.69, 9.17) is 5.84 Å². The number of nitrogens with zero attached hydrogens (tertiary/aromatic N) is 1. The molecule has 3 nitrogen and oxygen atoms in total. The maximum absolute atomic E-state index is 12.6. The highest BCUT2D eigenvalue weighted by atomic mass is 79.9. The molecular weight excluding hydrogens is 355 g/mol. The maximum atomic E-state index is 12.6. The maximum Gasteiger partial charge on any atom is 0.443 e. The number of hydrogen-bond acceptors (Lipinski definition) is 4. The fourth-order valence-electron chi connectivity index (χ4n) is 1.77. The molecule has 1 aromatic heterocycles. The van der Waals surface area contributed by atoms with Crippen molar-refractivity contribution in [2.75, 3.05) is 0 Å². The smallest absolute Gasteiger partial charge is 0.271 e. The molecule has 0 saturated heterocycles. The van der Waals surface area contributed by atoms with E-state index in [0.29, 0.717) is 16.2 Å². The first-order chi connectivity index (χ1) is 9.34. The molecule has 2 rings (SSSR count). The van der Waals surface area contributed by atoms with E-state index in [0.717, 1.165) is 15.6 Å². The van der Waals surface area contributed by atoms with E-state index in [2.05, 4.69) is 26.3 Å². The number of rotatable bonds is 3. The van der Waals surface area contributed by atoms with E-state index in [-0.39, 0.29) is 0 Å². The van der Waals surface area contributed by atoms with Crippen molar-refractivity contribution in [2.24, 2.45) is 5.84 Å². The van der Waals surface area contributed by atoms with Crippen LogP contribution in [-0.4, -0.2) is 4.98 Å². The number of alkyl halides is 3. The predicted octanol–water partition coefficient (Wildman–Crippen LogP) is 3.79. The van der Waals surface area contributed by atoms with Gasteiger partial charge in [0.2, 0.25) is 0 Å². The SMILES string of the molecule is Cc1cccc(C(NN)c2cnc(C(F)(F)F)s2)c1Br. The molecule has 1 aromatic carbocycles. The molecule has 1 heterocycles. The normalized spacial score (nSPS) is 13.5. The first kappa shape index (κ1) is 15.4. The van der Waals surface area contributed by atoms with Crippen molar-refractivity contribution >= 4 is 27.3 Å². The zero-order valence-electron chi connectivity index (χ0n) is 10.3. The molecule has 108 valence electrons. The highest BCUT2D eigenvalue weighted by Crippen LogP contribution is 2.37. The van der Waals surface area contributed by atoms with E-state index in [1.54, 1.807) is 6.07 Å². The van der Waals surface area contributed by atoms with E-state index >= 15 is 0 Å². The van der Waals surface area contributed by atoms with Crippen LogP contribution < -0.4 is 11.3 Å². The molecule has 0 aliphatic carbocycles. The lowest BCUT2D eigenvalue weighted by molar-refractivity contribution is -0.137. The van der Waals surface area contributed by atoms with Crippen LogP contribution in [0.2, 0.25) is 0 Å². The van der Waals surface area contributed by atoms with Gasteiger partial charge in [0.25, 0.3) is 0 Å². The second-order valence-corrected chi connectivity index (χ2v) is 6.00. The van der Waals surface area contributed by atoms with Crippen LogP contribution in [0.1, 0.15) is 27.1 Å². The highest BCUT2D eigenvalue weighted by molar-refractivity contribution is 9.10. The number of aromatic nitrogens is 1. The third-order valence-electron chi connectivity index (χ3n) is 2.75. The van der Waals surface area contributed by atoms with Crippen molar-refractivity contribution in [3.63, 3.8) is 0 Å². The summed E-state index contributed by atoms with van der Waals surface area (Å²) in [6.45, 7) is 1.90. The Balaban J connectivity index is 2.43. The van der Waals surface area contributed by atoms with Gasteiger partial charge in [0.1, 0.15) is 0 Å². The fourth-order valence-corrected chi connectivity index (χ4v) is 3.13. The molecule has 0 spiro atoms. The Morgan fingerprint density at radius 1 is 1.40 bits per heavy atom. The Morgan fingerprint density at radius 2 is 2.10 bits per heavy atom. The third-order valence-corrected chi connectivity index (χ3v) is 4.94. The van der Waals surface area contributed by atoms with Gasteiger partial charge in [-0.2, -0.15) is 13.2 Å². The van der Waals surface area contributed by atoms with Crippen LogP contribution in [0.3, 0.4) is 0 Å². The predicted molar refractivity (Wildman–Crippen MR) is 75.2 cm³/mol. The molecule has 0 amide bonds. The molecule has 0 saturated carbocycles. The Kier molecular flexibility index (Phi) is 4.48. The second-order valence-electron chi connectivity index (χ2n) is 4.14. The van der Waals surface area contributed by atoms with Crippen LogP contribution in [0.25, 0.3) is 0 Å². The molecule has 0 bridgehead atoms. The highest BCUT2D eigenvalue weighted by Gasteiger charge is 2.35. The van der Waals surface area contributed by atoms with Gasteiger partial charge in [-0.1, -0.05) is 34.1 Å². The molecule has 3 N–H and O–H groups in total. The second kappa shape index (κ2) is 5.80. The number of hydrazine groups is 1. The third kappa shape index (κ3) is 3.03. The number of hydrogen-bond donors (Lipinski definition) is 2. The minimum absolute atomic E-state index is 0.408. The quantitative estimate of drug-likeness (QED) is 0.642. The minimum Gasteiger partial charge on any atom is -0.271 e. The van der Waals surface area contributed by atoms with Crippen LogP contribution in [0.4, 0.5) is 13.2 Å². The van der Waals surface area contributed by atoms with E-state index in [1.807, 2.05) is 19.1 Å². The molecule has 0 fully saturated rings. The average Bonchev–Trinajstić information content (AvgIpc) is 2.85. The lowest BCUT2D eigenvalue weighted by atomic mass is 10.0. The van der Waals surface area contributed by atoms with Gasteiger partial charge in [-0.15, -0.1) is 11.3 Å². The van der Waals surface area contributed by atoms with Crippen molar-refractivity contribution < 1.29 is 13.2 Å². The molecule has 1 unspecified atom stereocenters. The van der Waals surface area contributed by atoms with Gasteiger partial charge in [-0.3, -0.25) is 5.84 Å². The number of nitrogens with two attached hydrogens (primary N) is 1. The van der Waals surface area contributed by atoms with E-state index in [9.17, 15) is 13.2 Å². The first-order valence-electron chi connectivity index (χ1n) is 5.58. The number of halogens is 4. The summed E-state index contributed by atoms with van der Waals surface area (Å²) < 4.78 is 38.6. The Labute approximate surface area is 126 Å². The largest absolute Gasteiger partial charge is 0.443 e. The lowest BCUT2D eigenvalue weighted by Crippen LogP contribution is -2.28. The van der Waals surface area contributed by atoms with Crippen molar-refractivity contribution in [3.8, 4) is 0 Å². The van der Waals surface area contributed by atoms with Crippen molar-refractivity contribution in [2.45, 2.75) is 19.1 Å². The first-order valence-corrected chi connectivity index (χ1v) is 7.19. The standard InChI is InChI=1S/C12H11BrF3N3S/c1-6-3-2-4-7(9(6)13)10(19-17)8-5-18-11(20-8)12(14,15)16/h2-5,10,19H,17H2,1H3. The van der Waals surface area contributed by atoms with Crippen LogP contribution in [-0.2, 0) is 6.18 Å². The topological polar surface area (TPSA) is 50.9 Å². The number of nitrogens with one attached hydrogen (secondary N) is 1. The lowest BCUT2D eigenvalue weighted by Gasteiger charge is -2.17. The van der Waals surface area contributed by atoms with Gasteiger partial charge in [-0.05, 0) is 18.1 Å². The molecular formula is C12H11BrF3N3S. The minimum atomic E-state index is -4.44. The zero-order chi connectivity index (χ0) is 14.9. The number of benzene rings is 1. The summed E-state index contributed by atoms with van der Waals surface area (Å²) in [6.07, 6.45) is -3.24. The van der Waals surface area contributed by atoms with E-state index < -0.39 is 17.2 Å². The van der Waals surface area contributed by atoms with Gasteiger partial charge in [-0.25, -0.2) is 10.4 Å². The Hall–Kier alpha value is -0.960. The molecule has 0 aliphatic rings. The number of thiazole rings is 1. The molecule has 2 aromatic rings. The summed E-state index contributed by atoms with van der Waals surface area (Å²) in [4.78, 5) is 3.83. The van der Waals surface area contributed by atoms with Gasteiger partial charge < -0.3 is 0 Å². The van der Waals surface area contributed by atoms with Gasteiger partial charge in [0, 0.05) is 15.5 Å².